The van der Waals surface area contributed by atoms with Crippen molar-refractivity contribution in [3.05, 3.63) is 119 Å². The van der Waals surface area contributed by atoms with E-state index < -0.39 is 0 Å². The molecule has 0 aliphatic carbocycles. The number of pyridine rings is 1. The monoisotopic (exact) mass is 502 g/mol. The minimum Gasteiger partial charge on any atom is -0.320 e. The van der Waals surface area contributed by atoms with E-state index in [1.165, 1.54) is 0 Å². The van der Waals surface area contributed by atoms with Crippen molar-refractivity contribution in [3.63, 3.8) is 0 Å². The summed E-state index contributed by atoms with van der Waals surface area (Å²) in [6, 6.07) is 18.2. The standard InChI is InChI=1S/C30H26N6O2/c1-4-15-36-28(16-20(3)35-36)30(38)32-26-17-21(9-8-19(26)2)29(37)22-10-12-24-25(33-34-27(24)18-22)13-11-23-7-5-6-14-31-23/h4-14,16-18H,1,15H2,2-3H3,(H,32,38)(H,33,34). The summed E-state index contributed by atoms with van der Waals surface area (Å²) in [6.45, 7) is 7.86. The highest BCUT2D eigenvalue weighted by molar-refractivity contribution is 6.12. The fourth-order valence-electron chi connectivity index (χ4n) is 4.19. The second-order valence-corrected chi connectivity index (χ2v) is 8.91. The van der Waals surface area contributed by atoms with Crippen molar-refractivity contribution in [2.45, 2.75) is 20.4 Å². The summed E-state index contributed by atoms with van der Waals surface area (Å²) < 4.78 is 1.60. The van der Waals surface area contributed by atoms with E-state index in [1.54, 1.807) is 47.3 Å². The Kier molecular flexibility index (Phi) is 6.78. The molecule has 8 nitrogen and oxygen atoms in total. The topological polar surface area (TPSA) is 106 Å². The van der Waals surface area contributed by atoms with Crippen molar-refractivity contribution in [1.82, 2.24) is 25.0 Å². The number of nitrogens with one attached hydrogen (secondary N) is 2. The van der Waals surface area contributed by atoms with Crippen LogP contribution in [-0.4, -0.2) is 36.7 Å². The van der Waals surface area contributed by atoms with Gasteiger partial charge in [0, 0.05) is 28.4 Å². The van der Waals surface area contributed by atoms with Gasteiger partial charge in [-0.25, -0.2) is 0 Å². The van der Waals surface area contributed by atoms with Crippen molar-refractivity contribution in [2.24, 2.45) is 0 Å². The quantitative estimate of drug-likeness (QED) is 0.212. The summed E-state index contributed by atoms with van der Waals surface area (Å²) in [7, 11) is 0. The molecular weight excluding hydrogens is 476 g/mol. The van der Waals surface area contributed by atoms with Crippen LogP contribution in [-0.2, 0) is 6.54 Å². The third kappa shape index (κ3) is 5.05. The van der Waals surface area contributed by atoms with Gasteiger partial charge < -0.3 is 5.32 Å². The summed E-state index contributed by atoms with van der Waals surface area (Å²) in [6.07, 6.45) is 7.20. The first kappa shape index (κ1) is 24.6. The Morgan fingerprint density at radius 2 is 1.84 bits per heavy atom. The number of anilines is 1. The van der Waals surface area contributed by atoms with Gasteiger partial charge >= 0.3 is 0 Å². The lowest BCUT2D eigenvalue weighted by Crippen LogP contribution is -2.18. The molecule has 0 fully saturated rings. The predicted octanol–water partition coefficient (Wildman–Crippen LogP) is 5.61. The Bertz CT molecular complexity index is 1690. The molecule has 3 heterocycles. The molecule has 5 rings (SSSR count). The first-order valence-electron chi connectivity index (χ1n) is 12.1. The fourth-order valence-corrected chi connectivity index (χ4v) is 4.19. The molecule has 1 amide bonds. The number of aryl methyl sites for hydroxylation is 2. The largest absolute Gasteiger partial charge is 0.320 e. The Morgan fingerprint density at radius 1 is 1.03 bits per heavy atom. The Labute approximate surface area is 219 Å². The fraction of sp³-hybridized carbons (Fsp3) is 0.100. The van der Waals surface area contributed by atoms with E-state index in [2.05, 4.69) is 32.2 Å². The Balaban J connectivity index is 1.38. The zero-order valence-electron chi connectivity index (χ0n) is 21.1. The lowest BCUT2D eigenvalue weighted by atomic mass is 9.99. The molecule has 0 bridgehead atoms. The maximum absolute atomic E-state index is 13.4. The van der Waals surface area contributed by atoms with Crippen LogP contribution in [0.15, 0.2) is 79.5 Å². The van der Waals surface area contributed by atoms with Gasteiger partial charge in [-0.15, -0.1) is 6.58 Å². The van der Waals surface area contributed by atoms with Crippen molar-refractivity contribution in [3.8, 4) is 0 Å². The molecule has 188 valence electrons. The molecule has 8 heteroatoms. The molecule has 2 aromatic carbocycles. The van der Waals surface area contributed by atoms with Crippen LogP contribution in [0, 0.1) is 13.8 Å². The van der Waals surface area contributed by atoms with Crippen LogP contribution < -0.4 is 5.32 Å². The van der Waals surface area contributed by atoms with Gasteiger partial charge in [-0.3, -0.25) is 24.4 Å². The van der Waals surface area contributed by atoms with Crippen LogP contribution in [0.4, 0.5) is 5.69 Å². The lowest BCUT2D eigenvalue weighted by Gasteiger charge is -2.11. The molecule has 0 radical (unpaired) electrons. The van der Waals surface area contributed by atoms with Crippen molar-refractivity contribution in [1.29, 1.82) is 0 Å². The third-order valence-electron chi connectivity index (χ3n) is 6.14. The minimum atomic E-state index is -0.301. The predicted molar refractivity (Wildman–Crippen MR) is 149 cm³/mol. The number of ketones is 1. The smallest absolute Gasteiger partial charge is 0.273 e. The summed E-state index contributed by atoms with van der Waals surface area (Å²) in [5.41, 5.74) is 5.90. The number of aromatic nitrogens is 5. The SMILES string of the molecule is C=CCn1nc(C)cc1C(=O)Nc1cc(C(=O)c2ccc3c(C=Cc4ccccn4)n[nH]c3c2)ccc1C. The highest BCUT2D eigenvalue weighted by atomic mass is 16.2. The van der Waals surface area contributed by atoms with Gasteiger partial charge in [0.25, 0.3) is 5.91 Å². The molecule has 0 saturated heterocycles. The van der Waals surface area contributed by atoms with Gasteiger partial charge in [0.2, 0.25) is 0 Å². The van der Waals surface area contributed by atoms with Crippen LogP contribution in [0.3, 0.4) is 0 Å². The van der Waals surface area contributed by atoms with Gasteiger partial charge in [0.1, 0.15) is 5.69 Å². The first-order chi connectivity index (χ1) is 18.4. The zero-order chi connectivity index (χ0) is 26.6. The van der Waals surface area contributed by atoms with Gasteiger partial charge in [0.05, 0.1) is 29.1 Å². The summed E-state index contributed by atoms with van der Waals surface area (Å²) >= 11 is 0. The molecule has 2 N–H and O–H groups in total. The molecule has 38 heavy (non-hydrogen) atoms. The molecule has 0 atom stereocenters. The van der Waals surface area contributed by atoms with Crippen molar-refractivity contribution >= 4 is 40.4 Å². The van der Waals surface area contributed by atoms with E-state index in [1.807, 2.05) is 56.3 Å². The number of amides is 1. The Morgan fingerprint density at radius 3 is 2.63 bits per heavy atom. The molecule has 0 saturated carbocycles. The van der Waals surface area contributed by atoms with E-state index in [9.17, 15) is 9.59 Å². The maximum atomic E-state index is 13.4. The van der Waals surface area contributed by atoms with Crippen LogP contribution in [0.5, 0.6) is 0 Å². The zero-order valence-corrected chi connectivity index (χ0v) is 21.1. The van der Waals surface area contributed by atoms with Crippen molar-refractivity contribution < 1.29 is 9.59 Å². The minimum absolute atomic E-state index is 0.157. The van der Waals surface area contributed by atoms with Gasteiger partial charge in [-0.1, -0.05) is 30.3 Å². The molecule has 0 unspecified atom stereocenters. The highest BCUT2D eigenvalue weighted by Crippen LogP contribution is 2.24. The van der Waals surface area contributed by atoms with Gasteiger partial charge in [-0.05, 0) is 68.0 Å². The molecular formula is C30H26N6O2. The number of fused-ring (bicyclic) bond motifs is 1. The molecule has 0 spiro atoms. The van der Waals surface area contributed by atoms with Crippen LogP contribution in [0.25, 0.3) is 23.1 Å². The number of allylic oxidation sites excluding steroid dienone is 1. The number of benzene rings is 2. The Hall–Kier alpha value is -5.11. The van der Waals surface area contributed by atoms with Gasteiger partial charge in [0.15, 0.2) is 5.78 Å². The van der Waals surface area contributed by atoms with E-state index in [-0.39, 0.29) is 11.7 Å². The highest BCUT2D eigenvalue weighted by Gasteiger charge is 2.17. The average molecular weight is 503 g/mol. The molecule has 3 aromatic heterocycles. The van der Waals surface area contributed by atoms with Crippen LogP contribution in [0.2, 0.25) is 0 Å². The third-order valence-corrected chi connectivity index (χ3v) is 6.14. The van der Waals surface area contributed by atoms with E-state index in [0.29, 0.717) is 29.1 Å². The molecule has 0 aliphatic heterocycles. The lowest BCUT2D eigenvalue weighted by molar-refractivity contribution is 0.101. The average Bonchev–Trinajstić information content (AvgIpc) is 3.51. The van der Waals surface area contributed by atoms with Gasteiger partial charge in [-0.2, -0.15) is 10.2 Å². The number of rotatable bonds is 8. The number of nitrogens with zero attached hydrogens (tertiary/aromatic N) is 4. The van der Waals surface area contributed by atoms with E-state index >= 15 is 0 Å². The molecule has 0 aliphatic rings. The number of carbonyl (C=O) groups is 2. The summed E-state index contributed by atoms with van der Waals surface area (Å²) in [5, 5.41) is 15.6. The number of H-pyrrole nitrogens is 1. The number of aromatic amines is 1. The van der Waals surface area contributed by atoms with Crippen LogP contribution in [0.1, 0.15) is 49.1 Å². The number of carbonyl (C=O) groups excluding carboxylic acids is 2. The van der Waals surface area contributed by atoms with E-state index in [0.717, 1.165) is 33.5 Å². The molecule has 5 aromatic rings. The number of hydrogen-bond donors (Lipinski definition) is 2. The second kappa shape index (κ2) is 10.5. The van der Waals surface area contributed by atoms with Crippen molar-refractivity contribution in [2.75, 3.05) is 5.32 Å². The summed E-state index contributed by atoms with van der Waals surface area (Å²) in [4.78, 5) is 30.7. The normalized spacial score (nSPS) is 11.2. The van der Waals surface area contributed by atoms with E-state index in [4.69, 9.17) is 0 Å². The van der Waals surface area contributed by atoms with Crippen LogP contribution >= 0.6 is 0 Å². The first-order valence-corrected chi connectivity index (χ1v) is 12.1. The number of hydrogen-bond acceptors (Lipinski definition) is 5. The maximum Gasteiger partial charge on any atom is 0.273 e. The summed E-state index contributed by atoms with van der Waals surface area (Å²) in [5.74, 6) is -0.458. The second-order valence-electron chi connectivity index (χ2n) is 8.91.